The molecule has 0 amide bonds. The standard InChI is InChI=1S/C13H11BrN2O3S/c14-10-6-5-9(11(15)7-10)8-20(19)13-4-2-1-3-12(13)16(17)18/h1-7H,8,15H2. The van der Waals surface area contributed by atoms with Gasteiger partial charge in [0.25, 0.3) is 5.69 Å². The van der Waals surface area contributed by atoms with E-state index >= 15 is 0 Å². The molecule has 104 valence electrons. The normalized spacial score (nSPS) is 12.1. The first-order valence-corrected chi connectivity index (χ1v) is 7.76. The Kier molecular flexibility index (Phi) is 4.51. The average molecular weight is 355 g/mol. The number of nitro groups is 1. The summed E-state index contributed by atoms with van der Waals surface area (Å²) in [5.74, 6) is 0.143. The van der Waals surface area contributed by atoms with Gasteiger partial charge in [0.05, 0.1) is 21.5 Å². The zero-order chi connectivity index (χ0) is 14.7. The fraction of sp³-hybridized carbons (Fsp3) is 0.0769. The Morgan fingerprint density at radius 1 is 1.25 bits per heavy atom. The molecule has 1 unspecified atom stereocenters. The fourth-order valence-corrected chi connectivity index (χ4v) is 3.40. The zero-order valence-electron chi connectivity index (χ0n) is 10.3. The van der Waals surface area contributed by atoms with Gasteiger partial charge in [0, 0.05) is 16.2 Å². The topological polar surface area (TPSA) is 86.2 Å². The van der Waals surface area contributed by atoms with Crippen molar-refractivity contribution in [2.75, 3.05) is 5.73 Å². The second-order valence-electron chi connectivity index (χ2n) is 4.06. The van der Waals surface area contributed by atoms with Crippen LogP contribution in [0.4, 0.5) is 11.4 Å². The lowest BCUT2D eigenvalue weighted by molar-refractivity contribution is -0.387. The number of halogens is 1. The Balaban J connectivity index is 2.31. The maximum atomic E-state index is 12.3. The molecule has 0 aliphatic rings. The monoisotopic (exact) mass is 354 g/mol. The Morgan fingerprint density at radius 2 is 1.95 bits per heavy atom. The molecule has 2 N–H and O–H groups in total. The second-order valence-corrected chi connectivity index (χ2v) is 6.39. The molecule has 2 aromatic carbocycles. The summed E-state index contributed by atoms with van der Waals surface area (Å²) >= 11 is 3.29. The number of nitrogens with two attached hydrogens (primary N) is 1. The third-order valence-electron chi connectivity index (χ3n) is 2.70. The van der Waals surface area contributed by atoms with E-state index in [9.17, 15) is 14.3 Å². The van der Waals surface area contributed by atoms with E-state index < -0.39 is 15.7 Å². The molecule has 1 atom stereocenters. The van der Waals surface area contributed by atoms with Gasteiger partial charge in [0.15, 0.2) is 0 Å². The smallest absolute Gasteiger partial charge is 0.285 e. The molecule has 0 aliphatic heterocycles. The highest BCUT2D eigenvalue weighted by atomic mass is 79.9. The van der Waals surface area contributed by atoms with Crippen molar-refractivity contribution in [2.45, 2.75) is 10.6 Å². The third-order valence-corrected chi connectivity index (χ3v) is 4.60. The van der Waals surface area contributed by atoms with E-state index in [1.54, 1.807) is 30.3 Å². The van der Waals surface area contributed by atoms with Gasteiger partial charge in [-0.1, -0.05) is 34.1 Å². The van der Waals surface area contributed by atoms with Crippen LogP contribution in [0.5, 0.6) is 0 Å². The van der Waals surface area contributed by atoms with E-state index in [1.807, 2.05) is 0 Å². The molecule has 0 heterocycles. The quantitative estimate of drug-likeness (QED) is 0.518. The lowest BCUT2D eigenvalue weighted by atomic mass is 10.2. The second kappa shape index (κ2) is 6.15. The van der Waals surface area contributed by atoms with Crippen LogP contribution in [0.1, 0.15) is 5.56 Å². The molecule has 2 aromatic rings. The number of nitro benzene ring substituents is 1. The van der Waals surface area contributed by atoms with E-state index in [-0.39, 0.29) is 16.3 Å². The Bertz CT molecular complexity index is 691. The number of rotatable bonds is 4. The lowest BCUT2D eigenvalue weighted by Gasteiger charge is -2.07. The summed E-state index contributed by atoms with van der Waals surface area (Å²) in [7, 11) is -1.52. The molecule has 0 saturated carbocycles. The molecule has 0 bridgehead atoms. The van der Waals surface area contributed by atoms with Gasteiger partial charge >= 0.3 is 0 Å². The van der Waals surface area contributed by atoms with E-state index in [0.29, 0.717) is 11.3 Å². The predicted octanol–water partition coefficient (Wildman–Crippen LogP) is 3.25. The molecule has 2 rings (SSSR count). The lowest BCUT2D eigenvalue weighted by Crippen LogP contribution is -2.03. The number of hydrogen-bond donors (Lipinski definition) is 1. The minimum Gasteiger partial charge on any atom is -0.398 e. The van der Waals surface area contributed by atoms with Gasteiger partial charge in [-0.3, -0.25) is 14.3 Å². The molecule has 5 nitrogen and oxygen atoms in total. The summed E-state index contributed by atoms with van der Waals surface area (Å²) in [5.41, 5.74) is 6.91. The number of anilines is 1. The Labute approximate surface area is 126 Å². The van der Waals surface area contributed by atoms with Gasteiger partial charge in [-0.25, -0.2) is 0 Å². The van der Waals surface area contributed by atoms with Crippen molar-refractivity contribution >= 4 is 38.1 Å². The van der Waals surface area contributed by atoms with Crippen molar-refractivity contribution in [3.05, 3.63) is 62.6 Å². The van der Waals surface area contributed by atoms with Crippen molar-refractivity contribution in [3.63, 3.8) is 0 Å². The molecule has 0 fully saturated rings. The van der Waals surface area contributed by atoms with Crippen molar-refractivity contribution in [2.24, 2.45) is 0 Å². The number of hydrogen-bond acceptors (Lipinski definition) is 4. The van der Waals surface area contributed by atoms with Crippen LogP contribution in [-0.2, 0) is 16.6 Å². The first-order chi connectivity index (χ1) is 9.49. The number of nitrogens with zero attached hydrogens (tertiary/aromatic N) is 1. The minimum absolute atomic E-state index is 0.137. The molecule has 0 spiro atoms. The average Bonchev–Trinajstić information content (AvgIpc) is 2.41. The first-order valence-electron chi connectivity index (χ1n) is 5.64. The fourth-order valence-electron chi connectivity index (χ4n) is 1.72. The summed E-state index contributed by atoms with van der Waals surface area (Å²) in [6.45, 7) is 0. The van der Waals surface area contributed by atoms with Crippen LogP contribution in [-0.4, -0.2) is 9.13 Å². The summed E-state index contributed by atoms with van der Waals surface area (Å²) in [4.78, 5) is 10.6. The van der Waals surface area contributed by atoms with Crippen LogP contribution in [0.2, 0.25) is 0 Å². The minimum atomic E-state index is -1.52. The highest BCUT2D eigenvalue weighted by Gasteiger charge is 2.18. The van der Waals surface area contributed by atoms with Crippen molar-refractivity contribution in [3.8, 4) is 0 Å². The number of para-hydroxylation sites is 1. The Morgan fingerprint density at radius 3 is 2.60 bits per heavy atom. The van der Waals surface area contributed by atoms with Crippen LogP contribution in [0, 0.1) is 10.1 Å². The highest BCUT2D eigenvalue weighted by molar-refractivity contribution is 9.10. The summed E-state index contributed by atoms with van der Waals surface area (Å²) < 4.78 is 13.1. The van der Waals surface area contributed by atoms with Crippen molar-refractivity contribution < 1.29 is 9.13 Å². The predicted molar refractivity (Wildman–Crippen MR) is 81.8 cm³/mol. The van der Waals surface area contributed by atoms with E-state index in [4.69, 9.17) is 5.73 Å². The maximum absolute atomic E-state index is 12.3. The summed E-state index contributed by atoms with van der Waals surface area (Å²) in [6, 6.07) is 11.3. The summed E-state index contributed by atoms with van der Waals surface area (Å²) in [5, 5.41) is 10.9. The van der Waals surface area contributed by atoms with Crippen LogP contribution in [0.3, 0.4) is 0 Å². The van der Waals surface area contributed by atoms with Crippen molar-refractivity contribution in [1.29, 1.82) is 0 Å². The van der Waals surface area contributed by atoms with Gasteiger partial charge in [-0.05, 0) is 23.8 Å². The maximum Gasteiger partial charge on any atom is 0.285 e. The molecule has 7 heteroatoms. The molecule has 20 heavy (non-hydrogen) atoms. The zero-order valence-corrected chi connectivity index (χ0v) is 12.7. The Hall–Kier alpha value is -1.73. The molecular weight excluding hydrogens is 344 g/mol. The van der Waals surface area contributed by atoms with Crippen LogP contribution in [0.15, 0.2) is 51.8 Å². The summed E-state index contributed by atoms with van der Waals surface area (Å²) in [6.07, 6.45) is 0. The number of nitrogen functional groups attached to an aromatic ring is 1. The van der Waals surface area contributed by atoms with Crippen LogP contribution >= 0.6 is 15.9 Å². The SMILES string of the molecule is Nc1cc(Br)ccc1CS(=O)c1ccccc1[N+](=O)[O-]. The van der Waals surface area contributed by atoms with Crippen molar-refractivity contribution in [1.82, 2.24) is 0 Å². The van der Waals surface area contributed by atoms with Crippen LogP contribution in [0.25, 0.3) is 0 Å². The van der Waals surface area contributed by atoms with E-state index in [2.05, 4.69) is 15.9 Å². The largest absolute Gasteiger partial charge is 0.398 e. The van der Waals surface area contributed by atoms with Gasteiger partial charge in [-0.15, -0.1) is 0 Å². The molecular formula is C13H11BrN2O3S. The van der Waals surface area contributed by atoms with Crippen LogP contribution < -0.4 is 5.73 Å². The third kappa shape index (κ3) is 3.23. The van der Waals surface area contributed by atoms with Gasteiger partial charge in [0.1, 0.15) is 4.90 Å². The number of benzene rings is 2. The molecule has 0 aromatic heterocycles. The van der Waals surface area contributed by atoms with Gasteiger partial charge in [-0.2, -0.15) is 0 Å². The molecule has 0 aliphatic carbocycles. The van der Waals surface area contributed by atoms with Gasteiger partial charge < -0.3 is 5.73 Å². The van der Waals surface area contributed by atoms with E-state index in [1.165, 1.54) is 12.1 Å². The molecule has 0 radical (unpaired) electrons. The van der Waals surface area contributed by atoms with E-state index in [0.717, 1.165) is 4.47 Å². The highest BCUT2D eigenvalue weighted by Crippen LogP contribution is 2.26. The molecule has 0 saturated heterocycles. The first kappa shape index (κ1) is 14.7. The van der Waals surface area contributed by atoms with Gasteiger partial charge in [0.2, 0.25) is 0 Å².